The van der Waals surface area contributed by atoms with Crippen LogP contribution in [0.5, 0.6) is 0 Å². The van der Waals surface area contributed by atoms with Crippen LogP contribution >= 0.6 is 0 Å². The lowest BCUT2D eigenvalue weighted by molar-refractivity contribution is 0.404. The van der Waals surface area contributed by atoms with Gasteiger partial charge in [0, 0.05) is 0 Å². The second-order valence-corrected chi connectivity index (χ2v) is 1.73. The first kappa shape index (κ1) is 7.35. The lowest BCUT2D eigenvalue weighted by atomic mass is 10.3. The van der Waals surface area contributed by atoms with Crippen molar-refractivity contribution in [2.75, 3.05) is 7.11 Å². The van der Waals surface area contributed by atoms with E-state index in [0.29, 0.717) is 5.56 Å². The van der Waals surface area contributed by atoms with E-state index in [4.69, 9.17) is 14.4 Å². The summed E-state index contributed by atoms with van der Waals surface area (Å²) in [4.78, 5) is 3.43. The number of aliphatic imine (C=N–C) groups is 1. The first-order valence-electron chi connectivity index (χ1n) is 2.92. The minimum Gasteiger partial charge on any atom is -0.480 e. The highest BCUT2D eigenvalue weighted by Gasteiger charge is 2.02. The Morgan fingerprint density at radius 2 is 2.64 bits per heavy atom. The lowest BCUT2D eigenvalue weighted by Crippen LogP contribution is -2.00. The number of ether oxygens (including phenoxy) is 1. The Hall–Kier alpha value is -1.76. The first-order chi connectivity index (χ1) is 5.38. The molecule has 0 unspecified atom stereocenters. The summed E-state index contributed by atoms with van der Waals surface area (Å²) in [6.45, 7) is 0. The molecular weight excluding hydrogens is 144 g/mol. The Bertz CT molecular complexity index is 282. The van der Waals surface area contributed by atoms with Crippen LogP contribution in [0, 0.1) is 11.5 Å². The van der Waals surface area contributed by atoms with Crippen LogP contribution in [0.1, 0.15) is 5.56 Å². The van der Waals surface area contributed by atoms with Crippen LogP contribution in [-0.4, -0.2) is 13.0 Å². The molecule has 4 heteroatoms. The molecule has 56 valence electrons. The molecule has 0 aliphatic rings. The van der Waals surface area contributed by atoms with Gasteiger partial charge < -0.3 is 9.15 Å². The molecule has 0 aromatic carbocycles. The monoisotopic (exact) mass is 150 g/mol. The number of nitriles is 1. The summed E-state index contributed by atoms with van der Waals surface area (Å²) in [6.07, 6.45) is 4.57. The van der Waals surface area contributed by atoms with E-state index in [1.165, 1.54) is 19.6 Å². The smallest absolute Gasteiger partial charge is 0.234 e. The Morgan fingerprint density at radius 3 is 3.09 bits per heavy atom. The minimum atomic E-state index is 0.265. The van der Waals surface area contributed by atoms with Crippen LogP contribution in [0.2, 0.25) is 0 Å². The summed E-state index contributed by atoms with van der Waals surface area (Å²) in [7, 11) is 1.45. The predicted molar refractivity (Wildman–Crippen MR) is 37.9 cm³/mol. The van der Waals surface area contributed by atoms with Gasteiger partial charge in [-0.25, -0.2) is 0 Å². The summed E-state index contributed by atoms with van der Waals surface area (Å²) in [5.74, 6) is 0.265. The van der Waals surface area contributed by atoms with Crippen molar-refractivity contribution in [1.29, 1.82) is 5.26 Å². The van der Waals surface area contributed by atoms with Gasteiger partial charge in [0.05, 0.1) is 18.9 Å². The summed E-state index contributed by atoms with van der Waals surface area (Å²) < 4.78 is 9.58. The quantitative estimate of drug-likeness (QED) is 0.343. The molecule has 0 bridgehead atoms. The van der Waals surface area contributed by atoms with Crippen molar-refractivity contribution in [2.24, 2.45) is 4.99 Å². The molecule has 1 aromatic rings. The molecule has 0 amide bonds. The van der Waals surface area contributed by atoms with Crippen molar-refractivity contribution >= 4 is 5.90 Å². The van der Waals surface area contributed by atoms with Crippen LogP contribution in [0.4, 0.5) is 0 Å². The van der Waals surface area contributed by atoms with E-state index in [1.807, 2.05) is 0 Å². The van der Waals surface area contributed by atoms with Gasteiger partial charge in [0.2, 0.25) is 12.1 Å². The fourth-order valence-electron chi connectivity index (χ4n) is 0.660. The molecule has 0 fully saturated rings. The van der Waals surface area contributed by atoms with Gasteiger partial charge in [0.25, 0.3) is 0 Å². The summed E-state index contributed by atoms with van der Waals surface area (Å²) in [5.41, 5.74) is 0.661. The normalized spacial score (nSPS) is 10.7. The van der Waals surface area contributed by atoms with Crippen LogP contribution in [-0.2, 0) is 4.74 Å². The molecule has 1 heterocycles. The van der Waals surface area contributed by atoms with E-state index >= 15 is 0 Å². The largest absolute Gasteiger partial charge is 0.480 e. The molecule has 0 N–H and O–H groups in total. The van der Waals surface area contributed by atoms with Crippen molar-refractivity contribution in [3.8, 4) is 6.19 Å². The topological polar surface area (TPSA) is 58.5 Å². The van der Waals surface area contributed by atoms with Gasteiger partial charge in [-0.05, 0) is 6.07 Å². The number of rotatable bonds is 1. The number of furan rings is 1. The zero-order valence-electron chi connectivity index (χ0n) is 5.94. The second kappa shape index (κ2) is 3.42. The van der Waals surface area contributed by atoms with Crippen molar-refractivity contribution in [3.63, 3.8) is 0 Å². The SMILES string of the molecule is COC(=NC#N)c1ccoc1. The van der Waals surface area contributed by atoms with Crippen LogP contribution in [0.25, 0.3) is 0 Å². The Labute approximate surface area is 63.7 Å². The first-order valence-corrected chi connectivity index (χ1v) is 2.92. The zero-order valence-corrected chi connectivity index (χ0v) is 5.94. The van der Waals surface area contributed by atoms with Crippen molar-refractivity contribution in [3.05, 3.63) is 24.2 Å². The van der Waals surface area contributed by atoms with Gasteiger partial charge in [-0.2, -0.15) is 5.26 Å². The maximum atomic E-state index is 8.22. The zero-order chi connectivity index (χ0) is 8.10. The number of nitrogens with zero attached hydrogens (tertiary/aromatic N) is 2. The maximum Gasteiger partial charge on any atom is 0.234 e. The molecule has 1 aromatic heterocycles. The lowest BCUT2D eigenvalue weighted by Gasteiger charge is -1.95. The summed E-state index contributed by atoms with van der Waals surface area (Å²) >= 11 is 0. The molecule has 11 heavy (non-hydrogen) atoms. The third-order valence-electron chi connectivity index (χ3n) is 1.11. The predicted octanol–water partition coefficient (Wildman–Crippen LogP) is 1.15. The van der Waals surface area contributed by atoms with Crippen molar-refractivity contribution in [1.82, 2.24) is 0 Å². The van der Waals surface area contributed by atoms with Crippen LogP contribution in [0.3, 0.4) is 0 Å². The minimum absolute atomic E-state index is 0.265. The Morgan fingerprint density at radius 1 is 1.82 bits per heavy atom. The number of hydrogen-bond donors (Lipinski definition) is 0. The van der Waals surface area contributed by atoms with Gasteiger partial charge >= 0.3 is 0 Å². The average molecular weight is 150 g/mol. The van der Waals surface area contributed by atoms with Gasteiger partial charge in [-0.15, -0.1) is 4.99 Å². The highest BCUT2D eigenvalue weighted by atomic mass is 16.5. The molecule has 0 saturated heterocycles. The van der Waals surface area contributed by atoms with E-state index in [-0.39, 0.29) is 5.90 Å². The van der Waals surface area contributed by atoms with Gasteiger partial charge in [-0.1, -0.05) is 0 Å². The molecule has 0 spiro atoms. The highest BCUT2D eigenvalue weighted by molar-refractivity contribution is 5.94. The molecule has 0 saturated carbocycles. The van der Waals surface area contributed by atoms with Crippen LogP contribution < -0.4 is 0 Å². The fraction of sp³-hybridized carbons (Fsp3) is 0.143. The highest BCUT2D eigenvalue weighted by Crippen LogP contribution is 2.02. The van der Waals surface area contributed by atoms with E-state index in [1.54, 1.807) is 12.3 Å². The van der Waals surface area contributed by atoms with Crippen LogP contribution in [0.15, 0.2) is 28.0 Å². The molecular formula is C7H6N2O2. The number of hydrogen-bond acceptors (Lipinski definition) is 4. The second-order valence-electron chi connectivity index (χ2n) is 1.73. The van der Waals surface area contributed by atoms with E-state index in [2.05, 4.69) is 4.99 Å². The number of methoxy groups -OCH3 is 1. The van der Waals surface area contributed by atoms with Gasteiger partial charge in [0.15, 0.2) is 0 Å². The van der Waals surface area contributed by atoms with Crippen molar-refractivity contribution < 1.29 is 9.15 Å². The fourth-order valence-corrected chi connectivity index (χ4v) is 0.660. The molecule has 1 rings (SSSR count). The van der Waals surface area contributed by atoms with E-state index in [9.17, 15) is 0 Å². The van der Waals surface area contributed by atoms with Gasteiger partial charge in [0.1, 0.15) is 6.26 Å². The maximum absolute atomic E-state index is 8.22. The van der Waals surface area contributed by atoms with Gasteiger partial charge in [-0.3, -0.25) is 0 Å². The van der Waals surface area contributed by atoms with E-state index < -0.39 is 0 Å². The van der Waals surface area contributed by atoms with E-state index in [0.717, 1.165) is 0 Å². The Kier molecular flexibility index (Phi) is 2.28. The standard InChI is InChI=1S/C7H6N2O2/c1-10-7(9-5-8)6-2-3-11-4-6/h2-4H,1H3. The third-order valence-corrected chi connectivity index (χ3v) is 1.11. The molecule has 0 aliphatic carbocycles. The summed E-state index contributed by atoms with van der Waals surface area (Å²) in [6, 6.07) is 1.67. The molecule has 0 atom stereocenters. The Balaban J connectivity index is 2.91. The molecule has 4 nitrogen and oxygen atoms in total. The summed E-state index contributed by atoms with van der Waals surface area (Å²) in [5, 5.41) is 8.22. The molecule has 0 aliphatic heterocycles. The average Bonchev–Trinajstić information content (AvgIpc) is 2.52. The van der Waals surface area contributed by atoms with Crippen molar-refractivity contribution in [2.45, 2.75) is 0 Å². The third kappa shape index (κ3) is 1.58. The molecule has 0 radical (unpaired) electrons.